The quantitative estimate of drug-likeness (QED) is 0.393. The normalized spacial score (nSPS) is 11.0. The minimum Gasteiger partial charge on any atom is -0.358 e. The highest BCUT2D eigenvalue weighted by molar-refractivity contribution is 8.01. The van der Waals surface area contributed by atoms with E-state index in [0.29, 0.717) is 26.0 Å². The number of fused-ring (bicyclic) bond motifs is 1. The Morgan fingerprint density at radius 2 is 2.12 bits per heavy atom. The number of thiazole rings is 1. The predicted molar refractivity (Wildman–Crippen MR) is 97.5 cm³/mol. The largest absolute Gasteiger partial charge is 0.363 e. The molecular formula is C14H10N6O2S3. The van der Waals surface area contributed by atoms with Crippen molar-refractivity contribution in [2.45, 2.75) is 15.9 Å². The number of rotatable bonds is 6. The predicted octanol–water partition coefficient (Wildman–Crippen LogP) is 3.92. The van der Waals surface area contributed by atoms with Crippen LogP contribution in [0, 0.1) is 10.1 Å². The zero-order chi connectivity index (χ0) is 17.2. The summed E-state index contributed by atoms with van der Waals surface area (Å²) in [6.07, 6.45) is 1.64. The van der Waals surface area contributed by atoms with Crippen molar-refractivity contribution in [1.82, 2.24) is 19.6 Å². The maximum Gasteiger partial charge on any atom is 0.363 e. The number of nitro groups is 1. The van der Waals surface area contributed by atoms with E-state index >= 15 is 0 Å². The molecule has 0 aliphatic rings. The first kappa shape index (κ1) is 16.0. The minimum atomic E-state index is -0.426. The van der Waals surface area contributed by atoms with Crippen molar-refractivity contribution in [3.8, 4) is 0 Å². The number of anilines is 1. The molecule has 1 aromatic carbocycles. The molecule has 4 rings (SSSR count). The summed E-state index contributed by atoms with van der Waals surface area (Å²) < 4.78 is 2.08. The molecule has 0 amide bonds. The highest BCUT2D eigenvalue weighted by Crippen LogP contribution is 2.38. The number of nitrogens with zero attached hydrogens (tertiary/aromatic N) is 5. The van der Waals surface area contributed by atoms with E-state index in [1.54, 1.807) is 11.6 Å². The van der Waals surface area contributed by atoms with Gasteiger partial charge < -0.3 is 15.4 Å². The number of nitrogens with one attached hydrogen (secondary N) is 1. The average Bonchev–Trinajstić information content (AvgIpc) is 3.30. The van der Waals surface area contributed by atoms with E-state index in [2.05, 4.69) is 20.5 Å². The molecule has 0 saturated heterocycles. The molecule has 3 heterocycles. The molecule has 0 atom stereocenters. The number of benzene rings is 1. The summed E-state index contributed by atoms with van der Waals surface area (Å²) in [6.45, 7) is 0.639. The van der Waals surface area contributed by atoms with Crippen LogP contribution in [0.4, 0.5) is 10.9 Å². The summed E-state index contributed by atoms with van der Waals surface area (Å²) in [7, 11) is 0. The Hall–Kier alpha value is -2.50. The van der Waals surface area contributed by atoms with Gasteiger partial charge in [-0.15, -0.1) is 10.2 Å². The average molecular weight is 390 g/mol. The number of hydrogen-bond acceptors (Lipinski definition) is 9. The summed E-state index contributed by atoms with van der Waals surface area (Å²) in [5, 5.41) is 25.4. The summed E-state index contributed by atoms with van der Waals surface area (Å²) >= 11 is 3.84. The van der Waals surface area contributed by atoms with Gasteiger partial charge in [-0.3, -0.25) is 0 Å². The SMILES string of the molecule is O=[N+]([O-])c1c(Sc2nnc(NCc3ccccc3)s2)nc2sccn12. The maximum atomic E-state index is 11.3. The van der Waals surface area contributed by atoms with Gasteiger partial charge >= 0.3 is 5.82 Å². The minimum absolute atomic E-state index is 0.0461. The highest BCUT2D eigenvalue weighted by Gasteiger charge is 2.25. The van der Waals surface area contributed by atoms with Crippen LogP contribution in [0.5, 0.6) is 0 Å². The Balaban J connectivity index is 1.50. The van der Waals surface area contributed by atoms with Crippen molar-refractivity contribution >= 4 is 50.3 Å². The van der Waals surface area contributed by atoms with Gasteiger partial charge in [-0.2, -0.15) is 9.38 Å². The summed E-state index contributed by atoms with van der Waals surface area (Å²) in [6, 6.07) is 9.95. The number of hydrogen-bond donors (Lipinski definition) is 1. The third-order valence-corrected chi connectivity index (χ3v) is 5.91. The first-order valence-electron chi connectivity index (χ1n) is 7.10. The molecule has 11 heteroatoms. The standard InChI is InChI=1S/C14H10N6O2S3/c21-20(22)11-10(16-13-19(11)6-7-23-13)24-14-18-17-12(25-14)15-8-9-4-2-1-3-5-9/h1-7H,8H2,(H,15,17). The van der Waals surface area contributed by atoms with Gasteiger partial charge in [0.05, 0.1) is 0 Å². The van der Waals surface area contributed by atoms with Gasteiger partial charge in [-0.1, -0.05) is 53.0 Å². The molecule has 0 aliphatic heterocycles. The van der Waals surface area contributed by atoms with Crippen LogP contribution in [0.15, 0.2) is 51.3 Å². The van der Waals surface area contributed by atoms with E-state index in [1.807, 2.05) is 30.3 Å². The van der Waals surface area contributed by atoms with Gasteiger partial charge in [-0.25, -0.2) is 0 Å². The van der Waals surface area contributed by atoms with Gasteiger partial charge in [-0.05, 0) is 22.2 Å². The van der Waals surface area contributed by atoms with Crippen LogP contribution in [-0.2, 0) is 6.54 Å². The van der Waals surface area contributed by atoms with Crippen molar-refractivity contribution < 1.29 is 4.92 Å². The van der Waals surface area contributed by atoms with E-state index in [9.17, 15) is 10.1 Å². The van der Waals surface area contributed by atoms with Crippen LogP contribution in [-0.4, -0.2) is 24.5 Å². The molecule has 3 aromatic heterocycles. The van der Waals surface area contributed by atoms with Gasteiger partial charge in [0.25, 0.3) is 4.96 Å². The Kier molecular flexibility index (Phi) is 4.34. The van der Waals surface area contributed by atoms with Gasteiger partial charge in [0.2, 0.25) is 10.2 Å². The number of imidazole rings is 1. The lowest BCUT2D eigenvalue weighted by Crippen LogP contribution is -1.98. The molecule has 25 heavy (non-hydrogen) atoms. The third-order valence-electron chi connectivity index (χ3n) is 3.26. The lowest BCUT2D eigenvalue weighted by Gasteiger charge is -2.00. The molecule has 0 radical (unpaired) electrons. The van der Waals surface area contributed by atoms with Crippen molar-refractivity contribution in [3.05, 3.63) is 57.6 Å². The summed E-state index contributed by atoms with van der Waals surface area (Å²) in [5.74, 6) is -0.0461. The van der Waals surface area contributed by atoms with E-state index < -0.39 is 4.92 Å². The molecule has 0 aliphatic carbocycles. The Morgan fingerprint density at radius 3 is 2.92 bits per heavy atom. The topological polar surface area (TPSA) is 98.2 Å². The second kappa shape index (κ2) is 6.78. The molecule has 0 saturated carbocycles. The molecule has 0 bridgehead atoms. The summed E-state index contributed by atoms with van der Waals surface area (Å²) in [4.78, 5) is 15.8. The van der Waals surface area contributed by atoms with Gasteiger partial charge in [0.1, 0.15) is 6.20 Å². The van der Waals surface area contributed by atoms with E-state index in [0.717, 1.165) is 17.3 Å². The molecule has 0 fully saturated rings. The van der Waals surface area contributed by atoms with Gasteiger partial charge in [0, 0.05) is 11.9 Å². The van der Waals surface area contributed by atoms with Crippen LogP contribution in [0.25, 0.3) is 4.96 Å². The van der Waals surface area contributed by atoms with Crippen molar-refractivity contribution in [2.24, 2.45) is 0 Å². The molecule has 4 aromatic rings. The Morgan fingerprint density at radius 1 is 1.28 bits per heavy atom. The van der Waals surface area contributed by atoms with E-state index in [1.165, 1.54) is 27.1 Å². The third kappa shape index (κ3) is 3.34. The van der Waals surface area contributed by atoms with Crippen LogP contribution < -0.4 is 5.32 Å². The van der Waals surface area contributed by atoms with Crippen LogP contribution in [0.1, 0.15) is 5.56 Å². The molecule has 8 nitrogen and oxygen atoms in total. The maximum absolute atomic E-state index is 11.3. The van der Waals surface area contributed by atoms with Crippen LogP contribution in [0.2, 0.25) is 0 Å². The lowest BCUT2D eigenvalue weighted by molar-refractivity contribution is -0.393. The fourth-order valence-corrected chi connectivity index (χ4v) is 4.69. The molecule has 1 N–H and O–H groups in total. The summed E-state index contributed by atoms with van der Waals surface area (Å²) in [5.41, 5.74) is 1.14. The molecular weight excluding hydrogens is 380 g/mol. The van der Waals surface area contributed by atoms with E-state index in [-0.39, 0.29) is 5.82 Å². The van der Waals surface area contributed by atoms with Crippen molar-refractivity contribution in [2.75, 3.05) is 5.32 Å². The lowest BCUT2D eigenvalue weighted by atomic mass is 10.2. The highest BCUT2D eigenvalue weighted by atomic mass is 32.2. The Labute approximate surface area is 153 Å². The van der Waals surface area contributed by atoms with Crippen molar-refractivity contribution in [3.63, 3.8) is 0 Å². The molecule has 0 unspecified atom stereocenters. The number of aromatic nitrogens is 4. The first-order valence-corrected chi connectivity index (χ1v) is 9.61. The Bertz CT molecular complexity index is 1030. The van der Waals surface area contributed by atoms with Crippen molar-refractivity contribution in [1.29, 1.82) is 0 Å². The zero-order valence-corrected chi connectivity index (χ0v) is 15.0. The second-order valence-electron chi connectivity index (χ2n) is 4.87. The van der Waals surface area contributed by atoms with Crippen LogP contribution >= 0.6 is 34.4 Å². The van der Waals surface area contributed by atoms with Gasteiger partial charge in [0.15, 0.2) is 4.34 Å². The fourth-order valence-electron chi connectivity index (χ4n) is 2.17. The molecule has 0 spiro atoms. The molecule has 126 valence electrons. The second-order valence-corrected chi connectivity index (χ2v) is 7.95. The monoisotopic (exact) mass is 390 g/mol. The zero-order valence-electron chi connectivity index (χ0n) is 12.5. The van der Waals surface area contributed by atoms with Crippen LogP contribution in [0.3, 0.4) is 0 Å². The van der Waals surface area contributed by atoms with E-state index in [4.69, 9.17) is 0 Å². The first-order chi connectivity index (χ1) is 12.2. The smallest absolute Gasteiger partial charge is 0.358 e. The fraction of sp³-hybridized carbons (Fsp3) is 0.0714.